The van der Waals surface area contributed by atoms with Gasteiger partial charge in [0, 0.05) is 11.1 Å². The Labute approximate surface area is 153 Å². The first kappa shape index (κ1) is 19.0. The number of amides is 1. The summed E-state index contributed by atoms with van der Waals surface area (Å²) in [6.45, 7) is 1.19. The third-order valence-corrected chi connectivity index (χ3v) is 3.97. The van der Waals surface area contributed by atoms with Crippen molar-refractivity contribution in [1.29, 1.82) is 0 Å². The molecule has 0 spiro atoms. The minimum Gasteiger partial charge on any atom is -0.495 e. The molecule has 0 bridgehead atoms. The molecule has 0 aliphatic carbocycles. The molecular weight excluding hydrogens is 372 g/mol. The van der Waals surface area contributed by atoms with Crippen LogP contribution in [0.4, 0.5) is 10.1 Å². The molecule has 0 fully saturated rings. The zero-order chi connectivity index (χ0) is 18.6. The third-order valence-electron chi connectivity index (χ3n) is 3.24. The Bertz CT molecular complexity index is 827. The Morgan fingerprint density at radius 1 is 1.16 bits per heavy atom. The van der Waals surface area contributed by atoms with Gasteiger partial charge in [-0.05, 0) is 36.8 Å². The summed E-state index contributed by atoms with van der Waals surface area (Å²) in [5.41, 5.74) is 0.963. The van der Waals surface area contributed by atoms with Gasteiger partial charge in [0.2, 0.25) is 0 Å². The van der Waals surface area contributed by atoms with E-state index in [0.717, 1.165) is 17.7 Å². The van der Waals surface area contributed by atoms with Gasteiger partial charge in [-0.3, -0.25) is 4.79 Å². The molecule has 0 heterocycles. The maximum Gasteiger partial charge on any atom is 0.340 e. The number of benzene rings is 2. The zero-order valence-electron chi connectivity index (χ0n) is 13.4. The van der Waals surface area contributed by atoms with Gasteiger partial charge in [0.25, 0.3) is 5.91 Å². The third kappa shape index (κ3) is 4.84. The lowest BCUT2D eigenvalue weighted by Gasteiger charge is -2.12. The molecule has 0 saturated carbocycles. The first-order valence-corrected chi connectivity index (χ1v) is 7.83. The molecule has 0 aliphatic rings. The van der Waals surface area contributed by atoms with E-state index < -0.39 is 24.3 Å². The van der Waals surface area contributed by atoms with Crippen LogP contribution in [0.15, 0.2) is 30.3 Å². The van der Waals surface area contributed by atoms with Gasteiger partial charge in [-0.15, -0.1) is 0 Å². The van der Waals surface area contributed by atoms with Crippen LogP contribution in [0.2, 0.25) is 10.0 Å². The van der Waals surface area contributed by atoms with E-state index in [1.165, 1.54) is 13.2 Å². The smallest absolute Gasteiger partial charge is 0.340 e. The van der Waals surface area contributed by atoms with Crippen molar-refractivity contribution in [3.05, 3.63) is 57.3 Å². The highest BCUT2D eigenvalue weighted by atomic mass is 35.5. The average molecular weight is 386 g/mol. The Hall–Kier alpha value is -2.31. The lowest BCUT2D eigenvalue weighted by atomic mass is 10.2. The topological polar surface area (TPSA) is 64.6 Å². The first-order chi connectivity index (χ1) is 11.8. The molecule has 8 heteroatoms. The molecule has 0 radical (unpaired) electrons. The normalized spacial score (nSPS) is 10.3. The van der Waals surface area contributed by atoms with E-state index in [2.05, 4.69) is 5.32 Å². The van der Waals surface area contributed by atoms with Crippen LogP contribution in [0, 0.1) is 12.7 Å². The van der Waals surface area contributed by atoms with Gasteiger partial charge in [0.15, 0.2) is 6.61 Å². The number of aryl methyl sites for hydroxylation is 1. The second-order valence-corrected chi connectivity index (χ2v) is 5.86. The number of halogens is 3. The highest BCUT2D eigenvalue weighted by molar-refractivity contribution is 6.33. The van der Waals surface area contributed by atoms with Crippen molar-refractivity contribution >= 4 is 40.8 Å². The maximum atomic E-state index is 13.2. The Kier molecular flexibility index (Phi) is 6.22. The summed E-state index contributed by atoms with van der Waals surface area (Å²) >= 11 is 11.8. The number of carbonyl (C=O) groups is 2. The number of carbonyl (C=O) groups excluding carboxylic acids is 2. The molecule has 2 rings (SSSR count). The van der Waals surface area contributed by atoms with Crippen LogP contribution in [0.25, 0.3) is 0 Å². The molecule has 5 nitrogen and oxygen atoms in total. The molecule has 132 valence electrons. The molecular formula is C17H14Cl2FNO4. The zero-order valence-corrected chi connectivity index (χ0v) is 14.9. The van der Waals surface area contributed by atoms with E-state index in [1.54, 1.807) is 19.1 Å². The monoisotopic (exact) mass is 385 g/mol. The second kappa shape index (κ2) is 8.18. The van der Waals surface area contributed by atoms with E-state index >= 15 is 0 Å². The van der Waals surface area contributed by atoms with E-state index in [9.17, 15) is 14.0 Å². The lowest BCUT2D eigenvalue weighted by molar-refractivity contribution is -0.119. The van der Waals surface area contributed by atoms with Crippen molar-refractivity contribution in [2.45, 2.75) is 6.92 Å². The van der Waals surface area contributed by atoms with Crippen LogP contribution in [0.1, 0.15) is 15.9 Å². The number of nitrogens with one attached hydrogen (secondary N) is 1. The minimum absolute atomic E-state index is 0.0294. The van der Waals surface area contributed by atoms with E-state index in [4.69, 9.17) is 32.7 Å². The van der Waals surface area contributed by atoms with Crippen LogP contribution < -0.4 is 10.1 Å². The molecule has 1 N–H and O–H groups in total. The molecule has 0 saturated heterocycles. The summed E-state index contributed by atoms with van der Waals surface area (Å²) in [5.74, 6) is -1.77. The number of hydrogen-bond donors (Lipinski definition) is 1. The molecule has 0 unspecified atom stereocenters. The van der Waals surface area contributed by atoms with Crippen LogP contribution in [0.5, 0.6) is 5.75 Å². The predicted molar refractivity (Wildman–Crippen MR) is 93.1 cm³/mol. The van der Waals surface area contributed by atoms with Gasteiger partial charge >= 0.3 is 5.97 Å². The maximum absolute atomic E-state index is 13.2. The summed E-state index contributed by atoms with van der Waals surface area (Å²) in [4.78, 5) is 23.9. The fraction of sp³-hybridized carbons (Fsp3) is 0.176. The highest BCUT2D eigenvalue weighted by Crippen LogP contribution is 2.30. The summed E-state index contributed by atoms with van der Waals surface area (Å²) in [7, 11) is 1.43. The van der Waals surface area contributed by atoms with Gasteiger partial charge in [-0.1, -0.05) is 23.2 Å². The first-order valence-electron chi connectivity index (χ1n) is 7.08. The second-order valence-electron chi connectivity index (χ2n) is 5.05. The lowest BCUT2D eigenvalue weighted by Crippen LogP contribution is -2.21. The van der Waals surface area contributed by atoms with Crippen molar-refractivity contribution in [1.82, 2.24) is 0 Å². The number of esters is 1. The van der Waals surface area contributed by atoms with Crippen LogP contribution in [-0.4, -0.2) is 25.6 Å². The number of anilines is 1. The average Bonchev–Trinajstić information content (AvgIpc) is 2.57. The van der Waals surface area contributed by atoms with E-state index in [0.29, 0.717) is 16.5 Å². The largest absolute Gasteiger partial charge is 0.495 e. The molecule has 2 aromatic rings. The Morgan fingerprint density at radius 3 is 2.56 bits per heavy atom. The number of methoxy groups -OCH3 is 1. The summed E-state index contributed by atoms with van der Waals surface area (Å²) < 4.78 is 23.2. The highest BCUT2D eigenvalue weighted by Gasteiger charge is 2.16. The van der Waals surface area contributed by atoms with Crippen molar-refractivity contribution in [3.8, 4) is 5.75 Å². The van der Waals surface area contributed by atoms with Gasteiger partial charge in [0.05, 0.1) is 23.4 Å². The molecule has 25 heavy (non-hydrogen) atoms. The fourth-order valence-electron chi connectivity index (χ4n) is 1.98. The summed E-state index contributed by atoms with van der Waals surface area (Å²) in [6, 6.07) is 6.47. The standard InChI is InChI=1S/C17H14Cl2FNO4/c1-9-5-14(15(24-2)7-13(9)19)21-16(22)8-25-17(23)11-6-10(20)3-4-12(11)18/h3-7H,8H2,1-2H3,(H,21,22). The van der Waals surface area contributed by atoms with Crippen LogP contribution in [0.3, 0.4) is 0 Å². The number of ether oxygens (including phenoxy) is 2. The van der Waals surface area contributed by atoms with E-state index in [-0.39, 0.29) is 10.6 Å². The van der Waals surface area contributed by atoms with Crippen molar-refractivity contribution < 1.29 is 23.5 Å². The minimum atomic E-state index is -0.904. The Balaban J connectivity index is 2.03. The molecule has 2 aromatic carbocycles. The summed E-state index contributed by atoms with van der Waals surface area (Å²) in [6.07, 6.45) is 0. The SMILES string of the molecule is COc1cc(Cl)c(C)cc1NC(=O)COC(=O)c1cc(F)ccc1Cl. The van der Waals surface area contributed by atoms with Crippen LogP contribution >= 0.6 is 23.2 Å². The van der Waals surface area contributed by atoms with Crippen molar-refractivity contribution in [2.75, 3.05) is 19.0 Å². The molecule has 0 atom stereocenters. The molecule has 0 aliphatic heterocycles. The quantitative estimate of drug-likeness (QED) is 0.781. The van der Waals surface area contributed by atoms with Gasteiger partial charge in [0.1, 0.15) is 11.6 Å². The Morgan fingerprint density at radius 2 is 1.88 bits per heavy atom. The van der Waals surface area contributed by atoms with Crippen molar-refractivity contribution in [3.63, 3.8) is 0 Å². The fourth-order valence-corrected chi connectivity index (χ4v) is 2.33. The van der Waals surface area contributed by atoms with E-state index in [1.807, 2.05) is 0 Å². The van der Waals surface area contributed by atoms with Crippen molar-refractivity contribution in [2.24, 2.45) is 0 Å². The molecule has 0 aromatic heterocycles. The van der Waals surface area contributed by atoms with Gasteiger partial charge < -0.3 is 14.8 Å². The van der Waals surface area contributed by atoms with Gasteiger partial charge in [-0.2, -0.15) is 0 Å². The number of rotatable bonds is 5. The van der Waals surface area contributed by atoms with Crippen LogP contribution in [-0.2, 0) is 9.53 Å². The number of hydrogen-bond acceptors (Lipinski definition) is 4. The molecule has 1 amide bonds. The van der Waals surface area contributed by atoms with Gasteiger partial charge in [-0.25, -0.2) is 9.18 Å². The predicted octanol–water partition coefficient (Wildman–Crippen LogP) is 4.25. The summed E-state index contributed by atoms with van der Waals surface area (Å²) in [5, 5.41) is 3.07.